The van der Waals surface area contributed by atoms with E-state index >= 15 is 0 Å². The number of rotatable bonds is 5. The van der Waals surface area contributed by atoms with Crippen LogP contribution in [0.15, 0.2) is 0 Å². The van der Waals surface area contributed by atoms with Crippen LogP contribution in [0, 0.1) is 5.92 Å². The van der Waals surface area contributed by atoms with E-state index in [0.29, 0.717) is 25.6 Å². The molecular formula is C12H22N2O2. The van der Waals surface area contributed by atoms with Crippen LogP contribution in [-0.2, 0) is 4.79 Å². The normalized spacial score (nSPS) is 23.9. The first-order valence-electron chi connectivity index (χ1n) is 6.31. The summed E-state index contributed by atoms with van der Waals surface area (Å²) in [7, 11) is 0. The molecule has 0 unspecified atom stereocenters. The second kappa shape index (κ2) is 4.34. The first kappa shape index (κ1) is 11.9. The lowest BCUT2D eigenvalue weighted by atomic mass is 9.89. The van der Waals surface area contributed by atoms with E-state index in [9.17, 15) is 9.90 Å². The lowest BCUT2D eigenvalue weighted by Crippen LogP contribution is -2.64. The molecule has 1 aliphatic heterocycles. The quantitative estimate of drug-likeness (QED) is 0.734. The number of likely N-dealkylation sites (tertiary alicyclic amines) is 1. The van der Waals surface area contributed by atoms with Crippen molar-refractivity contribution in [2.75, 3.05) is 32.7 Å². The van der Waals surface area contributed by atoms with E-state index in [1.165, 1.54) is 0 Å². The Kier molecular flexibility index (Phi) is 3.22. The first-order chi connectivity index (χ1) is 7.59. The summed E-state index contributed by atoms with van der Waals surface area (Å²) in [6, 6.07) is 0. The Morgan fingerprint density at radius 2 is 1.94 bits per heavy atom. The fraction of sp³-hybridized carbons (Fsp3) is 0.917. The molecule has 1 heterocycles. The van der Waals surface area contributed by atoms with Gasteiger partial charge in [-0.3, -0.25) is 9.69 Å². The minimum Gasteiger partial charge on any atom is -0.387 e. The van der Waals surface area contributed by atoms with E-state index in [2.05, 4.69) is 4.90 Å². The molecule has 1 saturated heterocycles. The minimum atomic E-state index is -0.469. The summed E-state index contributed by atoms with van der Waals surface area (Å²) in [6.07, 6.45) is 2.32. The molecular weight excluding hydrogens is 204 g/mol. The zero-order valence-corrected chi connectivity index (χ0v) is 10.3. The van der Waals surface area contributed by atoms with Gasteiger partial charge in [-0.25, -0.2) is 0 Å². The summed E-state index contributed by atoms with van der Waals surface area (Å²) in [5, 5.41) is 10.1. The average molecular weight is 226 g/mol. The Balaban J connectivity index is 1.74. The van der Waals surface area contributed by atoms with Crippen molar-refractivity contribution in [1.82, 2.24) is 9.80 Å². The number of aliphatic hydroxyl groups is 1. The summed E-state index contributed by atoms with van der Waals surface area (Å²) >= 11 is 0. The molecule has 4 heteroatoms. The fourth-order valence-corrected chi connectivity index (χ4v) is 2.59. The number of likely N-dealkylation sites (N-methyl/N-ethyl adjacent to an activating group) is 1. The van der Waals surface area contributed by atoms with Crippen LogP contribution in [0.25, 0.3) is 0 Å². The molecule has 1 amide bonds. The maximum absolute atomic E-state index is 11.8. The summed E-state index contributed by atoms with van der Waals surface area (Å²) in [6.45, 7) is 7.38. The van der Waals surface area contributed by atoms with E-state index < -0.39 is 5.60 Å². The summed E-state index contributed by atoms with van der Waals surface area (Å²) < 4.78 is 0. The van der Waals surface area contributed by atoms with Crippen molar-refractivity contribution in [2.45, 2.75) is 32.3 Å². The average Bonchev–Trinajstić information content (AvgIpc) is 3.00. The smallest absolute Gasteiger partial charge is 0.236 e. The lowest BCUT2D eigenvalue weighted by molar-refractivity contribution is -0.144. The number of amides is 1. The van der Waals surface area contributed by atoms with Gasteiger partial charge in [0, 0.05) is 26.2 Å². The molecule has 0 aromatic heterocycles. The summed E-state index contributed by atoms with van der Waals surface area (Å²) in [5.41, 5.74) is -0.469. The number of hydrogen-bond donors (Lipinski definition) is 1. The zero-order chi connectivity index (χ0) is 11.8. The number of carbonyl (C=O) groups excluding carboxylic acids is 1. The van der Waals surface area contributed by atoms with Crippen molar-refractivity contribution in [3.63, 3.8) is 0 Å². The molecule has 0 aromatic rings. The van der Waals surface area contributed by atoms with Crippen LogP contribution in [0.3, 0.4) is 0 Å². The number of β-amino-alcohol motifs (C(OH)–C–C–N with tert-alkyl or cyclic N) is 1. The van der Waals surface area contributed by atoms with E-state index in [1.807, 2.05) is 18.7 Å². The van der Waals surface area contributed by atoms with Crippen LogP contribution in [0.5, 0.6) is 0 Å². The van der Waals surface area contributed by atoms with Crippen LogP contribution < -0.4 is 0 Å². The van der Waals surface area contributed by atoms with Gasteiger partial charge in [-0.05, 0) is 32.6 Å². The fourth-order valence-electron chi connectivity index (χ4n) is 2.59. The van der Waals surface area contributed by atoms with E-state index in [1.54, 1.807) is 0 Å². The number of carbonyl (C=O) groups is 1. The SMILES string of the molecule is CCN(CC)C(=O)CN1CC(O)(C2CC2)C1. The zero-order valence-electron chi connectivity index (χ0n) is 10.3. The van der Waals surface area contributed by atoms with E-state index in [-0.39, 0.29) is 5.91 Å². The van der Waals surface area contributed by atoms with Crippen molar-refractivity contribution in [2.24, 2.45) is 5.92 Å². The molecule has 0 bridgehead atoms. The minimum absolute atomic E-state index is 0.183. The third-order valence-electron chi connectivity index (χ3n) is 3.81. The largest absolute Gasteiger partial charge is 0.387 e. The van der Waals surface area contributed by atoms with Gasteiger partial charge in [0.1, 0.15) is 0 Å². The van der Waals surface area contributed by atoms with Crippen LogP contribution in [0.1, 0.15) is 26.7 Å². The second-order valence-electron chi connectivity index (χ2n) is 5.09. The first-order valence-corrected chi connectivity index (χ1v) is 6.31. The van der Waals surface area contributed by atoms with Crippen molar-refractivity contribution >= 4 is 5.91 Å². The topological polar surface area (TPSA) is 43.8 Å². The Labute approximate surface area is 97.2 Å². The van der Waals surface area contributed by atoms with Crippen molar-refractivity contribution in [1.29, 1.82) is 0 Å². The molecule has 0 atom stereocenters. The number of hydrogen-bond acceptors (Lipinski definition) is 3. The molecule has 2 rings (SSSR count). The molecule has 2 fully saturated rings. The van der Waals surface area contributed by atoms with Crippen molar-refractivity contribution < 1.29 is 9.90 Å². The third kappa shape index (κ3) is 2.23. The van der Waals surface area contributed by atoms with Gasteiger partial charge in [0.25, 0.3) is 0 Å². The van der Waals surface area contributed by atoms with E-state index in [0.717, 1.165) is 25.9 Å². The molecule has 0 radical (unpaired) electrons. The van der Waals surface area contributed by atoms with Gasteiger partial charge in [0.2, 0.25) is 5.91 Å². The van der Waals surface area contributed by atoms with Gasteiger partial charge in [-0.15, -0.1) is 0 Å². The van der Waals surface area contributed by atoms with Gasteiger partial charge in [0.05, 0.1) is 12.1 Å². The highest BCUT2D eigenvalue weighted by Gasteiger charge is 2.52. The highest BCUT2D eigenvalue weighted by atomic mass is 16.3. The van der Waals surface area contributed by atoms with E-state index in [4.69, 9.17) is 0 Å². The van der Waals surface area contributed by atoms with Gasteiger partial charge in [-0.2, -0.15) is 0 Å². The standard InChI is InChI=1S/C12H22N2O2/c1-3-14(4-2)11(15)7-13-8-12(16,9-13)10-5-6-10/h10,16H,3-9H2,1-2H3. The van der Waals surface area contributed by atoms with Crippen molar-refractivity contribution in [3.05, 3.63) is 0 Å². The molecule has 1 N–H and O–H groups in total. The van der Waals surface area contributed by atoms with Crippen LogP contribution in [-0.4, -0.2) is 59.1 Å². The predicted molar refractivity (Wildman–Crippen MR) is 62.0 cm³/mol. The molecule has 0 spiro atoms. The predicted octanol–water partition coefficient (Wildman–Crippen LogP) is 0.311. The van der Waals surface area contributed by atoms with Crippen LogP contribution in [0.4, 0.5) is 0 Å². The Morgan fingerprint density at radius 3 is 2.38 bits per heavy atom. The lowest BCUT2D eigenvalue weighted by Gasteiger charge is -2.47. The van der Waals surface area contributed by atoms with Crippen molar-refractivity contribution in [3.8, 4) is 0 Å². The number of nitrogens with zero attached hydrogens (tertiary/aromatic N) is 2. The Morgan fingerprint density at radius 1 is 1.38 bits per heavy atom. The molecule has 0 aromatic carbocycles. The Bertz CT molecular complexity index is 266. The molecule has 1 saturated carbocycles. The molecule has 92 valence electrons. The summed E-state index contributed by atoms with van der Waals surface area (Å²) in [4.78, 5) is 15.7. The molecule has 4 nitrogen and oxygen atoms in total. The maximum Gasteiger partial charge on any atom is 0.236 e. The highest BCUT2D eigenvalue weighted by molar-refractivity contribution is 5.78. The van der Waals surface area contributed by atoms with Crippen LogP contribution in [0.2, 0.25) is 0 Å². The molecule has 16 heavy (non-hydrogen) atoms. The molecule has 2 aliphatic rings. The Hall–Kier alpha value is -0.610. The summed E-state index contributed by atoms with van der Waals surface area (Å²) in [5.74, 6) is 0.690. The van der Waals surface area contributed by atoms with Gasteiger partial charge in [0.15, 0.2) is 0 Å². The van der Waals surface area contributed by atoms with Gasteiger partial charge >= 0.3 is 0 Å². The van der Waals surface area contributed by atoms with Gasteiger partial charge < -0.3 is 10.0 Å². The van der Waals surface area contributed by atoms with Gasteiger partial charge in [-0.1, -0.05) is 0 Å². The van der Waals surface area contributed by atoms with Crippen LogP contribution >= 0.6 is 0 Å². The monoisotopic (exact) mass is 226 g/mol. The maximum atomic E-state index is 11.8. The highest BCUT2D eigenvalue weighted by Crippen LogP contribution is 2.44. The third-order valence-corrected chi connectivity index (χ3v) is 3.81. The second-order valence-corrected chi connectivity index (χ2v) is 5.09. The molecule has 1 aliphatic carbocycles.